The van der Waals surface area contributed by atoms with Gasteiger partial charge in [0.15, 0.2) is 6.54 Å². The molecule has 4 rings (SSSR count). The van der Waals surface area contributed by atoms with Crippen molar-refractivity contribution in [1.82, 2.24) is 0 Å². The summed E-state index contributed by atoms with van der Waals surface area (Å²) in [5.41, 5.74) is 3.11. The molecule has 0 spiro atoms. The van der Waals surface area contributed by atoms with Crippen LogP contribution in [0.25, 0.3) is 17.2 Å². The molecule has 0 radical (unpaired) electrons. The van der Waals surface area contributed by atoms with E-state index in [1.807, 2.05) is 52.8 Å². The molecule has 0 bridgehead atoms. The van der Waals surface area contributed by atoms with E-state index in [2.05, 4.69) is 4.90 Å². The van der Waals surface area contributed by atoms with E-state index in [1.54, 1.807) is 18.2 Å². The second kappa shape index (κ2) is 12.5. The highest BCUT2D eigenvalue weighted by Crippen LogP contribution is 2.45. The van der Waals surface area contributed by atoms with Crippen LogP contribution < -0.4 is 14.4 Å². The fraction of sp³-hybridized carbons (Fsp3) is 0.346. The lowest BCUT2D eigenvalue weighted by atomic mass is 10.2. The van der Waals surface area contributed by atoms with Crippen molar-refractivity contribution in [2.45, 2.75) is 32.7 Å². The minimum absolute atomic E-state index is 0.201. The van der Waals surface area contributed by atoms with Gasteiger partial charge in [0.05, 0.1) is 39.0 Å². The second-order valence-electron chi connectivity index (χ2n) is 9.23. The third-order valence-corrected chi connectivity index (χ3v) is 8.74. The summed E-state index contributed by atoms with van der Waals surface area (Å²) in [5.74, 6) is 0.620. The number of aryl methyl sites for hydroxylation is 1. The Morgan fingerprint density at radius 2 is 1.55 bits per heavy atom. The normalized spacial score (nSPS) is 15.2. The van der Waals surface area contributed by atoms with E-state index in [4.69, 9.17) is 36.7 Å². The predicted octanol–water partition coefficient (Wildman–Crippen LogP) is 5.17. The molecular weight excluding hydrogens is 601 g/mol. The number of para-hydroxylation sites is 2. The first-order valence-electron chi connectivity index (χ1n) is 12.6. The minimum Gasteiger partial charge on any atom is -0.398 e. The summed E-state index contributed by atoms with van der Waals surface area (Å²) in [7, 11) is -8.14. The van der Waals surface area contributed by atoms with Crippen molar-refractivity contribution in [2.24, 2.45) is 0 Å². The molecular formula is C26H30Cl2N3O7S2+. The van der Waals surface area contributed by atoms with Crippen molar-refractivity contribution in [3.05, 3.63) is 70.3 Å². The first-order valence-corrected chi connectivity index (χ1v) is 16.6. The molecule has 10 nitrogen and oxygen atoms in total. The van der Waals surface area contributed by atoms with Crippen LogP contribution in [0.5, 0.6) is 0 Å². The lowest BCUT2D eigenvalue weighted by Gasteiger charge is -2.24. The first-order chi connectivity index (χ1) is 18.9. The third-order valence-electron chi connectivity index (χ3n) is 6.41. The summed E-state index contributed by atoms with van der Waals surface area (Å²) in [6.07, 6.45) is 6.46. The second-order valence-corrected chi connectivity index (χ2v) is 13.2. The quantitative estimate of drug-likeness (QED) is 0.158. The summed E-state index contributed by atoms with van der Waals surface area (Å²) in [6, 6.07) is 11.0. The number of hydrogen-bond acceptors (Lipinski definition) is 7. The smallest absolute Gasteiger partial charge is 0.374 e. The molecule has 0 aliphatic carbocycles. The number of rotatable bonds is 12. The van der Waals surface area contributed by atoms with Crippen molar-refractivity contribution in [3.63, 3.8) is 0 Å². The van der Waals surface area contributed by atoms with Gasteiger partial charge in [-0.2, -0.15) is 21.4 Å². The van der Waals surface area contributed by atoms with Crippen LogP contribution in [0.4, 0.5) is 11.4 Å². The molecule has 2 heterocycles. The molecule has 0 fully saturated rings. The van der Waals surface area contributed by atoms with Gasteiger partial charge < -0.3 is 14.2 Å². The van der Waals surface area contributed by atoms with Crippen LogP contribution in [0.1, 0.15) is 32.1 Å². The molecule has 2 aromatic carbocycles. The highest BCUT2D eigenvalue weighted by molar-refractivity contribution is 7.86. The Morgan fingerprint density at radius 1 is 0.925 bits per heavy atom. The fourth-order valence-corrected chi connectivity index (χ4v) is 6.06. The van der Waals surface area contributed by atoms with Crippen molar-refractivity contribution in [2.75, 3.05) is 34.4 Å². The lowest BCUT2D eigenvalue weighted by Crippen LogP contribution is -2.36. The first kappa shape index (κ1) is 30.4. The van der Waals surface area contributed by atoms with Gasteiger partial charge in [-0.3, -0.25) is 9.11 Å². The average molecular weight is 632 g/mol. The van der Waals surface area contributed by atoms with E-state index in [1.165, 1.54) is 0 Å². The van der Waals surface area contributed by atoms with Gasteiger partial charge >= 0.3 is 5.89 Å². The number of halogens is 2. The van der Waals surface area contributed by atoms with E-state index in [9.17, 15) is 16.8 Å². The summed E-state index contributed by atoms with van der Waals surface area (Å²) in [5, 5.41) is 0.805. The standard InChI is InChI=1S/C26H29Cl2N3O7S2/c1-2-29-22-17-19(27)20(28)18-23(22)30(13-5-6-15-39(32,33)34)25(29)11-7-12-26-31(14-8-16-40(35,36)37)21-9-3-4-10-24(21)38-26/h3-4,7,9-12,17-18H,2,5-6,8,13-16H2,1H3,(H-,32,33,34,35,36,37)/p+1. The van der Waals surface area contributed by atoms with E-state index in [0.29, 0.717) is 47.6 Å². The molecule has 40 heavy (non-hydrogen) atoms. The molecule has 1 aliphatic heterocycles. The topological polar surface area (TPSA) is 132 Å². The summed E-state index contributed by atoms with van der Waals surface area (Å²) in [4.78, 5) is 4.08. The largest absolute Gasteiger partial charge is 0.398 e. The third kappa shape index (κ3) is 7.36. The molecule has 3 aromatic rings. The van der Waals surface area contributed by atoms with Crippen molar-refractivity contribution < 1.29 is 34.9 Å². The van der Waals surface area contributed by atoms with Crippen LogP contribution in [-0.2, 0) is 26.8 Å². The van der Waals surface area contributed by atoms with E-state index >= 15 is 0 Å². The number of anilines is 2. The fourth-order valence-electron chi connectivity index (χ4n) is 4.68. The Morgan fingerprint density at radius 3 is 2.20 bits per heavy atom. The van der Waals surface area contributed by atoms with Gasteiger partial charge in [-0.05, 0) is 50.1 Å². The number of oxazole rings is 1. The van der Waals surface area contributed by atoms with Gasteiger partial charge in [-0.15, -0.1) is 0 Å². The number of aromatic nitrogens is 1. The number of nitrogens with zero attached hydrogens (tertiary/aromatic N) is 3. The van der Waals surface area contributed by atoms with Crippen LogP contribution in [0.15, 0.2) is 58.8 Å². The number of allylic oxidation sites excluding steroid dienone is 2. The highest BCUT2D eigenvalue weighted by Gasteiger charge is 2.31. The van der Waals surface area contributed by atoms with E-state index < -0.39 is 20.2 Å². The van der Waals surface area contributed by atoms with Gasteiger partial charge in [-0.25, -0.2) is 0 Å². The van der Waals surface area contributed by atoms with Gasteiger partial charge in [0.1, 0.15) is 5.82 Å². The maximum atomic E-state index is 11.2. The Balaban J connectivity index is 1.66. The van der Waals surface area contributed by atoms with Gasteiger partial charge in [0.25, 0.3) is 25.8 Å². The lowest BCUT2D eigenvalue weighted by molar-refractivity contribution is -0.677. The number of fused-ring (bicyclic) bond motifs is 2. The van der Waals surface area contributed by atoms with Crippen LogP contribution >= 0.6 is 23.2 Å². The minimum atomic E-state index is -4.09. The molecule has 1 aromatic heterocycles. The average Bonchev–Trinajstić information content (AvgIpc) is 3.35. The zero-order valence-corrected chi connectivity index (χ0v) is 24.8. The van der Waals surface area contributed by atoms with E-state index in [0.717, 1.165) is 22.7 Å². The predicted molar refractivity (Wildman–Crippen MR) is 157 cm³/mol. The molecule has 0 saturated heterocycles. The highest BCUT2D eigenvalue weighted by atomic mass is 35.5. The van der Waals surface area contributed by atoms with E-state index in [-0.39, 0.29) is 24.3 Å². The Hall–Kier alpha value is -2.61. The van der Waals surface area contributed by atoms with Crippen molar-refractivity contribution in [1.29, 1.82) is 0 Å². The number of hydrogen-bond donors (Lipinski definition) is 2. The Kier molecular flexibility index (Phi) is 9.48. The molecule has 14 heteroatoms. The van der Waals surface area contributed by atoms with Gasteiger partial charge in [0.2, 0.25) is 5.58 Å². The molecule has 2 N–H and O–H groups in total. The Labute approximate surface area is 243 Å². The summed E-state index contributed by atoms with van der Waals surface area (Å²) >= 11 is 12.7. The SMILES string of the molecule is CCN1C(=CC=Cc2oc3ccccc3[n+]2CCCS(=O)(=O)O)N(CCCCS(=O)(=O)O)c2cc(Cl)c(Cl)cc21. The summed E-state index contributed by atoms with van der Waals surface area (Å²) < 4.78 is 70.9. The zero-order chi connectivity index (χ0) is 29.1. The van der Waals surface area contributed by atoms with Crippen LogP contribution in [0, 0.1) is 0 Å². The Bertz CT molecular complexity index is 1670. The number of unbranched alkanes of at least 4 members (excludes halogenated alkanes) is 1. The molecule has 0 amide bonds. The van der Waals surface area contributed by atoms with Crippen molar-refractivity contribution in [3.8, 4) is 0 Å². The summed E-state index contributed by atoms with van der Waals surface area (Å²) in [6.45, 7) is 3.40. The van der Waals surface area contributed by atoms with Crippen LogP contribution in [0.3, 0.4) is 0 Å². The number of benzene rings is 2. The van der Waals surface area contributed by atoms with Crippen molar-refractivity contribution >= 4 is 72.0 Å². The molecule has 1 aliphatic rings. The molecule has 216 valence electrons. The van der Waals surface area contributed by atoms with Gasteiger partial charge in [0, 0.05) is 25.6 Å². The molecule has 0 unspecified atom stereocenters. The zero-order valence-electron chi connectivity index (χ0n) is 21.7. The van der Waals surface area contributed by atoms with Crippen LogP contribution in [0.2, 0.25) is 10.0 Å². The molecule has 0 atom stereocenters. The monoisotopic (exact) mass is 630 g/mol. The maximum Gasteiger partial charge on any atom is 0.374 e. The van der Waals surface area contributed by atoms with Gasteiger partial charge in [-0.1, -0.05) is 35.3 Å². The molecule has 0 saturated carbocycles. The maximum absolute atomic E-state index is 11.2. The van der Waals surface area contributed by atoms with Crippen LogP contribution in [-0.4, -0.2) is 50.5 Å².